The summed E-state index contributed by atoms with van der Waals surface area (Å²) in [5, 5.41) is 3.63. The Balaban J connectivity index is 2.21. The van der Waals surface area contributed by atoms with Crippen molar-refractivity contribution < 1.29 is 0 Å². The first-order valence-corrected chi connectivity index (χ1v) is 6.40. The standard InChI is InChI=1S/C13H17NS/c1-2-5-11(14)8-10-9-15-13-7-4-3-6-12(10)13/h3-4,6-7,9,11H,2,5,8,14H2,1H3. The summed E-state index contributed by atoms with van der Waals surface area (Å²) in [4.78, 5) is 0. The molecule has 0 saturated carbocycles. The second kappa shape index (κ2) is 4.77. The third-order valence-corrected chi connectivity index (χ3v) is 3.72. The van der Waals surface area contributed by atoms with Crippen LogP contribution in [0, 0.1) is 0 Å². The van der Waals surface area contributed by atoms with E-state index in [0.717, 1.165) is 12.8 Å². The molecule has 15 heavy (non-hydrogen) atoms. The number of nitrogens with two attached hydrogens (primary N) is 1. The lowest BCUT2D eigenvalue weighted by Crippen LogP contribution is -2.22. The van der Waals surface area contributed by atoms with E-state index in [4.69, 9.17) is 5.73 Å². The van der Waals surface area contributed by atoms with E-state index >= 15 is 0 Å². The molecule has 80 valence electrons. The Labute approximate surface area is 94.9 Å². The molecule has 0 aliphatic rings. The predicted octanol–water partition coefficient (Wildman–Crippen LogP) is 3.57. The third kappa shape index (κ3) is 2.39. The zero-order chi connectivity index (χ0) is 10.7. The summed E-state index contributed by atoms with van der Waals surface area (Å²) in [5.74, 6) is 0. The van der Waals surface area contributed by atoms with Gasteiger partial charge in [-0.1, -0.05) is 31.5 Å². The maximum absolute atomic E-state index is 6.07. The van der Waals surface area contributed by atoms with Gasteiger partial charge in [0.2, 0.25) is 0 Å². The first-order chi connectivity index (χ1) is 7.31. The Morgan fingerprint density at radius 3 is 2.93 bits per heavy atom. The molecule has 1 unspecified atom stereocenters. The minimum atomic E-state index is 0.313. The highest BCUT2D eigenvalue weighted by molar-refractivity contribution is 7.17. The molecule has 0 saturated heterocycles. The van der Waals surface area contributed by atoms with Crippen molar-refractivity contribution in [1.82, 2.24) is 0 Å². The molecule has 1 nitrogen and oxygen atoms in total. The van der Waals surface area contributed by atoms with E-state index in [-0.39, 0.29) is 0 Å². The van der Waals surface area contributed by atoms with Gasteiger partial charge in [-0.25, -0.2) is 0 Å². The second-order valence-electron chi connectivity index (χ2n) is 4.01. The van der Waals surface area contributed by atoms with Crippen LogP contribution in [-0.2, 0) is 6.42 Å². The Kier molecular flexibility index (Phi) is 3.39. The summed E-state index contributed by atoms with van der Waals surface area (Å²) in [5.41, 5.74) is 7.48. The van der Waals surface area contributed by atoms with Gasteiger partial charge >= 0.3 is 0 Å². The molecule has 1 atom stereocenters. The summed E-state index contributed by atoms with van der Waals surface area (Å²) in [6.07, 6.45) is 3.30. The van der Waals surface area contributed by atoms with Gasteiger partial charge in [-0.3, -0.25) is 0 Å². The molecule has 0 amide bonds. The van der Waals surface area contributed by atoms with Crippen molar-refractivity contribution in [3.8, 4) is 0 Å². The highest BCUT2D eigenvalue weighted by Crippen LogP contribution is 2.26. The zero-order valence-corrected chi connectivity index (χ0v) is 9.89. The smallest absolute Gasteiger partial charge is 0.0345 e. The van der Waals surface area contributed by atoms with E-state index in [2.05, 4.69) is 36.6 Å². The molecule has 1 heterocycles. The van der Waals surface area contributed by atoms with E-state index in [9.17, 15) is 0 Å². The summed E-state index contributed by atoms with van der Waals surface area (Å²) < 4.78 is 1.37. The SMILES string of the molecule is CCCC(N)Cc1csc2ccccc12. The average Bonchev–Trinajstić information content (AvgIpc) is 2.62. The van der Waals surface area contributed by atoms with E-state index in [0.29, 0.717) is 6.04 Å². The maximum Gasteiger partial charge on any atom is 0.0345 e. The fourth-order valence-electron chi connectivity index (χ4n) is 1.95. The topological polar surface area (TPSA) is 26.0 Å². The van der Waals surface area contributed by atoms with Gasteiger partial charge in [-0.15, -0.1) is 11.3 Å². The summed E-state index contributed by atoms with van der Waals surface area (Å²) in [6, 6.07) is 8.88. The Morgan fingerprint density at radius 2 is 2.13 bits per heavy atom. The highest BCUT2D eigenvalue weighted by Gasteiger charge is 2.07. The number of hydrogen-bond donors (Lipinski definition) is 1. The molecule has 2 aromatic rings. The van der Waals surface area contributed by atoms with Gasteiger partial charge in [0, 0.05) is 10.7 Å². The van der Waals surface area contributed by atoms with Crippen LogP contribution in [0.4, 0.5) is 0 Å². The number of hydrogen-bond acceptors (Lipinski definition) is 2. The van der Waals surface area contributed by atoms with Crippen LogP contribution in [0.25, 0.3) is 10.1 Å². The van der Waals surface area contributed by atoms with Crippen molar-refractivity contribution >= 4 is 21.4 Å². The average molecular weight is 219 g/mol. The number of rotatable bonds is 4. The van der Waals surface area contributed by atoms with Crippen molar-refractivity contribution in [3.05, 3.63) is 35.2 Å². The van der Waals surface area contributed by atoms with Gasteiger partial charge in [0.05, 0.1) is 0 Å². The van der Waals surface area contributed by atoms with Crippen LogP contribution in [0.15, 0.2) is 29.6 Å². The lowest BCUT2D eigenvalue weighted by molar-refractivity contribution is 0.603. The first kappa shape index (κ1) is 10.7. The Morgan fingerprint density at radius 1 is 1.33 bits per heavy atom. The lowest BCUT2D eigenvalue weighted by atomic mass is 10.0. The molecular weight excluding hydrogens is 202 g/mol. The quantitative estimate of drug-likeness (QED) is 0.836. The molecule has 0 aliphatic carbocycles. The largest absolute Gasteiger partial charge is 0.327 e. The van der Waals surface area contributed by atoms with Gasteiger partial charge in [0.25, 0.3) is 0 Å². The number of fused-ring (bicyclic) bond motifs is 1. The summed E-state index contributed by atoms with van der Waals surface area (Å²) in [7, 11) is 0. The van der Waals surface area contributed by atoms with Crippen molar-refractivity contribution in [2.75, 3.05) is 0 Å². The van der Waals surface area contributed by atoms with Crippen molar-refractivity contribution in [1.29, 1.82) is 0 Å². The molecule has 2 heteroatoms. The molecule has 0 spiro atoms. The summed E-state index contributed by atoms with van der Waals surface area (Å²) in [6.45, 7) is 2.19. The van der Waals surface area contributed by atoms with Crippen LogP contribution in [0.2, 0.25) is 0 Å². The van der Waals surface area contributed by atoms with E-state index in [1.54, 1.807) is 0 Å². The van der Waals surface area contributed by atoms with Gasteiger partial charge in [0.15, 0.2) is 0 Å². The van der Waals surface area contributed by atoms with Crippen LogP contribution in [-0.4, -0.2) is 6.04 Å². The van der Waals surface area contributed by atoms with Crippen LogP contribution in [0.1, 0.15) is 25.3 Å². The Bertz CT molecular complexity index is 433. The van der Waals surface area contributed by atoms with Crippen LogP contribution in [0.3, 0.4) is 0 Å². The zero-order valence-electron chi connectivity index (χ0n) is 9.07. The molecule has 2 rings (SSSR count). The van der Waals surface area contributed by atoms with Gasteiger partial charge in [0.1, 0.15) is 0 Å². The molecule has 0 radical (unpaired) electrons. The monoisotopic (exact) mass is 219 g/mol. The molecular formula is C13H17NS. The lowest BCUT2D eigenvalue weighted by Gasteiger charge is -2.08. The fraction of sp³-hybridized carbons (Fsp3) is 0.385. The van der Waals surface area contributed by atoms with Crippen LogP contribution in [0.5, 0.6) is 0 Å². The predicted molar refractivity (Wildman–Crippen MR) is 68.4 cm³/mol. The number of benzene rings is 1. The van der Waals surface area contributed by atoms with Crippen LogP contribution < -0.4 is 5.73 Å². The minimum Gasteiger partial charge on any atom is -0.327 e. The molecule has 2 N–H and O–H groups in total. The second-order valence-corrected chi connectivity index (χ2v) is 4.92. The first-order valence-electron chi connectivity index (χ1n) is 5.52. The Hall–Kier alpha value is -0.860. The normalized spacial score (nSPS) is 13.2. The van der Waals surface area contributed by atoms with E-state index < -0.39 is 0 Å². The molecule has 1 aromatic heterocycles. The molecule has 0 bridgehead atoms. The van der Waals surface area contributed by atoms with E-state index in [1.165, 1.54) is 22.1 Å². The minimum absolute atomic E-state index is 0.313. The van der Waals surface area contributed by atoms with Crippen molar-refractivity contribution in [2.45, 2.75) is 32.2 Å². The molecule has 1 aromatic carbocycles. The number of thiophene rings is 1. The maximum atomic E-state index is 6.07. The van der Waals surface area contributed by atoms with Gasteiger partial charge in [-0.05, 0) is 35.2 Å². The van der Waals surface area contributed by atoms with Crippen molar-refractivity contribution in [3.63, 3.8) is 0 Å². The highest BCUT2D eigenvalue weighted by atomic mass is 32.1. The fourth-order valence-corrected chi connectivity index (χ4v) is 2.92. The van der Waals surface area contributed by atoms with E-state index in [1.807, 2.05) is 11.3 Å². The van der Waals surface area contributed by atoms with Gasteiger partial charge in [-0.2, -0.15) is 0 Å². The van der Waals surface area contributed by atoms with Crippen LogP contribution >= 0.6 is 11.3 Å². The molecule has 0 aliphatic heterocycles. The van der Waals surface area contributed by atoms with Gasteiger partial charge < -0.3 is 5.73 Å². The third-order valence-electron chi connectivity index (χ3n) is 2.70. The molecule has 0 fully saturated rings. The van der Waals surface area contributed by atoms with Crippen molar-refractivity contribution in [2.24, 2.45) is 5.73 Å². The summed E-state index contributed by atoms with van der Waals surface area (Å²) >= 11 is 1.82.